The van der Waals surface area contributed by atoms with Gasteiger partial charge in [-0.15, -0.1) is 0 Å². The van der Waals surface area contributed by atoms with E-state index in [0.717, 1.165) is 0 Å². The highest BCUT2D eigenvalue weighted by atomic mass is 127. The maximum atomic E-state index is 6.55. The molecule has 0 aromatic heterocycles. The Labute approximate surface area is 197 Å². The van der Waals surface area contributed by atoms with E-state index >= 15 is 0 Å². The van der Waals surface area contributed by atoms with Gasteiger partial charge in [-0.2, -0.15) is 0 Å². The number of methoxy groups -OCH3 is 7. The Kier molecular flexibility index (Phi) is 9.35. The zero-order chi connectivity index (χ0) is 22.8. The second-order valence-electron chi connectivity index (χ2n) is 7.84. The van der Waals surface area contributed by atoms with Gasteiger partial charge >= 0.3 is 0 Å². The largest absolute Gasteiger partial charge is 0.382 e. The lowest BCUT2D eigenvalue weighted by molar-refractivity contribution is -0.377. The maximum absolute atomic E-state index is 6.55. The minimum atomic E-state index is -1.21. The molecule has 0 radical (unpaired) electrons. The van der Waals surface area contributed by atoms with Gasteiger partial charge in [0.2, 0.25) is 5.79 Å². The molecular weight excluding hydrogens is 527 g/mol. The average Bonchev–Trinajstić information content (AvgIpc) is 2.91. The molecule has 31 heavy (non-hydrogen) atoms. The van der Waals surface area contributed by atoms with Crippen molar-refractivity contribution in [3.63, 3.8) is 0 Å². The summed E-state index contributed by atoms with van der Waals surface area (Å²) in [7, 11) is 11.3. The minimum absolute atomic E-state index is 0.122. The maximum Gasteiger partial charge on any atom is 0.225 e. The normalized spacial score (nSPS) is 48.0. The van der Waals surface area contributed by atoms with E-state index < -0.39 is 36.5 Å². The Balaban J connectivity index is 2.04. The highest BCUT2D eigenvalue weighted by molar-refractivity contribution is 14.1. The molecule has 0 bridgehead atoms. The van der Waals surface area contributed by atoms with E-state index in [4.69, 9.17) is 47.4 Å². The Morgan fingerprint density at radius 3 is 2.03 bits per heavy atom. The third kappa shape index (κ3) is 4.41. The highest BCUT2D eigenvalue weighted by Gasteiger charge is 2.66. The number of alkyl halides is 1. The lowest BCUT2D eigenvalue weighted by atomic mass is 9.81. The molecule has 0 unspecified atom stereocenters. The standard InChI is InChI=1S/C20H35IO10/c1-22-8-11-14(23-2)18(26-5)20(28-7)17(30-11)13(21)12-10(9-29-20)31-19(27-6)16(25-4)15(12)24-3/h10-19H,8-9H2,1-7H3/t10-,11-,12+,13+,14-,15+,16-,17-,18+,19+,20+/m1/s1. The molecule has 0 amide bonds. The van der Waals surface area contributed by atoms with E-state index in [0.29, 0.717) is 6.61 Å². The molecule has 182 valence electrons. The van der Waals surface area contributed by atoms with Crippen LogP contribution < -0.4 is 0 Å². The highest BCUT2D eigenvalue weighted by Crippen LogP contribution is 2.48. The Bertz CT molecular complexity index is 570. The summed E-state index contributed by atoms with van der Waals surface area (Å²) >= 11 is 2.37. The molecule has 0 spiro atoms. The first-order valence-corrected chi connectivity index (χ1v) is 11.5. The van der Waals surface area contributed by atoms with Crippen molar-refractivity contribution < 1.29 is 47.4 Å². The quantitative estimate of drug-likeness (QED) is 0.310. The summed E-state index contributed by atoms with van der Waals surface area (Å²) in [6.07, 6.45) is -3.54. The van der Waals surface area contributed by atoms with Crippen molar-refractivity contribution in [1.82, 2.24) is 0 Å². The Morgan fingerprint density at radius 2 is 1.52 bits per heavy atom. The number of hydrogen-bond acceptors (Lipinski definition) is 10. The van der Waals surface area contributed by atoms with Crippen LogP contribution in [0.1, 0.15) is 0 Å². The Hall–Kier alpha value is 0.330. The number of rotatable bonds is 8. The van der Waals surface area contributed by atoms with Crippen LogP contribution in [0.2, 0.25) is 0 Å². The molecule has 11 atom stereocenters. The van der Waals surface area contributed by atoms with E-state index in [9.17, 15) is 0 Å². The van der Waals surface area contributed by atoms with Crippen molar-refractivity contribution in [2.75, 3.05) is 63.0 Å². The van der Waals surface area contributed by atoms with Gasteiger partial charge in [-0.05, 0) is 0 Å². The molecule has 3 aliphatic rings. The molecule has 3 heterocycles. The van der Waals surface area contributed by atoms with Gasteiger partial charge in [-0.3, -0.25) is 0 Å². The molecule has 0 aromatic rings. The van der Waals surface area contributed by atoms with Crippen molar-refractivity contribution in [2.24, 2.45) is 5.92 Å². The minimum Gasteiger partial charge on any atom is -0.382 e. The molecule has 3 aliphatic heterocycles. The lowest BCUT2D eigenvalue weighted by Crippen LogP contribution is -2.71. The zero-order valence-corrected chi connectivity index (χ0v) is 21.3. The molecular formula is C20H35IO10. The summed E-state index contributed by atoms with van der Waals surface area (Å²) in [5.41, 5.74) is 0. The monoisotopic (exact) mass is 562 g/mol. The predicted molar refractivity (Wildman–Crippen MR) is 116 cm³/mol. The molecule has 3 rings (SSSR count). The summed E-state index contributed by atoms with van der Waals surface area (Å²) in [5.74, 6) is -1.33. The van der Waals surface area contributed by atoms with Crippen LogP contribution in [-0.4, -0.2) is 122 Å². The van der Waals surface area contributed by atoms with Crippen LogP contribution in [0.25, 0.3) is 0 Å². The summed E-state index contributed by atoms with van der Waals surface area (Å²) in [6.45, 7) is 0.571. The lowest BCUT2D eigenvalue weighted by Gasteiger charge is -2.53. The van der Waals surface area contributed by atoms with Gasteiger partial charge in [0.15, 0.2) is 6.29 Å². The van der Waals surface area contributed by atoms with Gasteiger partial charge in [0.1, 0.15) is 30.5 Å². The smallest absolute Gasteiger partial charge is 0.225 e. The average molecular weight is 562 g/mol. The summed E-state index contributed by atoms with van der Waals surface area (Å²) < 4.78 is 59.3. The van der Waals surface area contributed by atoms with E-state index in [1.54, 1.807) is 49.8 Å². The summed E-state index contributed by atoms with van der Waals surface area (Å²) in [4.78, 5) is 0. The van der Waals surface area contributed by atoms with Crippen LogP contribution in [0.15, 0.2) is 0 Å². The molecule has 10 nitrogen and oxygen atoms in total. The van der Waals surface area contributed by atoms with Crippen molar-refractivity contribution in [2.45, 2.75) is 58.7 Å². The summed E-state index contributed by atoms with van der Waals surface area (Å²) in [6, 6.07) is 0. The van der Waals surface area contributed by atoms with Gasteiger partial charge in [-0.1, -0.05) is 22.6 Å². The number of ether oxygens (including phenoxy) is 10. The van der Waals surface area contributed by atoms with Crippen LogP contribution in [-0.2, 0) is 47.4 Å². The second kappa shape index (κ2) is 11.2. The predicted octanol–water partition coefficient (Wildman–Crippen LogP) is 0.624. The third-order valence-corrected chi connectivity index (χ3v) is 8.06. The van der Waals surface area contributed by atoms with E-state index in [1.165, 1.54) is 0 Å². The van der Waals surface area contributed by atoms with Crippen molar-refractivity contribution in [3.05, 3.63) is 0 Å². The fourth-order valence-electron chi connectivity index (χ4n) is 5.17. The first-order valence-electron chi connectivity index (χ1n) is 10.2. The zero-order valence-electron chi connectivity index (χ0n) is 19.1. The second-order valence-corrected chi connectivity index (χ2v) is 9.28. The topological polar surface area (TPSA) is 92.3 Å². The van der Waals surface area contributed by atoms with Crippen molar-refractivity contribution >= 4 is 22.6 Å². The van der Waals surface area contributed by atoms with Crippen molar-refractivity contribution in [1.29, 1.82) is 0 Å². The van der Waals surface area contributed by atoms with Crippen LogP contribution in [0.3, 0.4) is 0 Å². The van der Waals surface area contributed by atoms with Gasteiger partial charge in [0.05, 0.1) is 29.3 Å². The van der Waals surface area contributed by atoms with Crippen molar-refractivity contribution in [3.8, 4) is 0 Å². The van der Waals surface area contributed by atoms with Gasteiger partial charge in [0, 0.05) is 55.7 Å². The fourth-order valence-corrected chi connectivity index (χ4v) is 6.72. The van der Waals surface area contributed by atoms with Crippen LogP contribution in [0.4, 0.5) is 0 Å². The van der Waals surface area contributed by atoms with Crippen LogP contribution in [0.5, 0.6) is 0 Å². The fraction of sp³-hybridized carbons (Fsp3) is 1.00. The molecule has 0 N–H and O–H groups in total. The van der Waals surface area contributed by atoms with E-state index in [2.05, 4.69) is 22.6 Å². The molecule has 11 heteroatoms. The first kappa shape index (κ1) is 25.9. The Morgan fingerprint density at radius 1 is 0.839 bits per heavy atom. The first-order chi connectivity index (χ1) is 15.0. The SMILES string of the molecule is COC[C@H]1O[C@@H]2[C@@H](I)[C@H]3[C@H](OC)[C@@H](OC)[C@@H](OC)O[C@@H]3CO[C@]2(OC)[C@@H](OC)[C@@H]1OC. The number of fused-ring (bicyclic) bond motifs is 2. The molecule has 3 fully saturated rings. The molecule has 0 aliphatic carbocycles. The number of halogens is 1. The van der Waals surface area contributed by atoms with E-state index in [1.807, 2.05) is 0 Å². The third-order valence-electron chi connectivity index (χ3n) is 6.57. The molecule has 3 saturated heterocycles. The van der Waals surface area contributed by atoms with Gasteiger partial charge in [-0.25, -0.2) is 0 Å². The van der Waals surface area contributed by atoms with Gasteiger partial charge < -0.3 is 47.4 Å². The summed E-state index contributed by atoms with van der Waals surface area (Å²) in [5, 5.41) is 0. The van der Waals surface area contributed by atoms with E-state index in [-0.39, 0.29) is 34.8 Å². The van der Waals surface area contributed by atoms with Crippen LogP contribution >= 0.6 is 22.6 Å². The molecule has 0 saturated carbocycles. The number of hydrogen-bond donors (Lipinski definition) is 0. The van der Waals surface area contributed by atoms with Gasteiger partial charge in [0.25, 0.3) is 0 Å². The van der Waals surface area contributed by atoms with Crippen LogP contribution in [0, 0.1) is 5.92 Å². The molecule has 0 aromatic carbocycles.